The Morgan fingerprint density at radius 3 is 0.773 bits per heavy atom. The molecule has 22 heavy (non-hydrogen) atoms. The van der Waals surface area contributed by atoms with Gasteiger partial charge in [0.1, 0.15) is 0 Å². The minimum Gasteiger partial charge on any atom is -0.268 e. The fraction of sp³-hybridized carbons (Fsp3) is 1.00. The van der Waals surface area contributed by atoms with Gasteiger partial charge in [-0.15, -0.1) is 0 Å². The molecule has 0 aliphatic carbocycles. The lowest BCUT2D eigenvalue weighted by atomic mass is 10.3. The SMILES string of the molecule is CC(F)(OC(F)(F)C(F)(F)OC(C)(F)C(F)(F)F)C(F)(F)F. The largest absolute Gasteiger partial charge is 0.451 e. The van der Waals surface area contributed by atoms with Gasteiger partial charge < -0.3 is 0 Å². The maximum atomic E-state index is 12.8. The third kappa shape index (κ3) is 4.30. The van der Waals surface area contributed by atoms with Gasteiger partial charge in [-0.05, 0) is 0 Å². The van der Waals surface area contributed by atoms with E-state index in [1.54, 1.807) is 0 Å². The van der Waals surface area contributed by atoms with E-state index in [9.17, 15) is 52.7 Å². The van der Waals surface area contributed by atoms with Crippen molar-refractivity contribution in [2.45, 2.75) is 50.1 Å². The average molecular weight is 362 g/mol. The first-order chi connectivity index (χ1) is 9.16. The van der Waals surface area contributed by atoms with Crippen LogP contribution in [0.5, 0.6) is 0 Å². The lowest BCUT2D eigenvalue weighted by molar-refractivity contribution is -0.519. The summed E-state index contributed by atoms with van der Waals surface area (Å²) in [4.78, 5) is 0. The van der Waals surface area contributed by atoms with Gasteiger partial charge in [0.05, 0.1) is 0 Å². The molecule has 0 bridgehead atoms. The summed E-state index contributed by atoms with van der Waals surface area (Å²) in [7, 11) is 0. The highest BCUT2D eigenvalue weighted by Gasteiger charge is 2.72. The minimum absolute atomic E-state index is 0.755. The molecule has 0 N–H and O–H groups in total. The molecule has 0 aromatic carbocycles. The van der Waals surface area contributed by atoms with Gasteiger partial charge in [-0.1, -0.05) is 0 Å². The maximum Gasteiger partial charge on any atom is 0.451 e. The van der Waals surface area contributed by atoms with Crippen LogP contribution in [0.4, 0.5) is 52.7 Å². The molecule has 0 aromatic rings. The van der Waals surface area contributed by atoms with Gasteiger partial charge in [-0.2, -0.15) is 43.9 Å². The predicted octanol–water partition coefficient (Wildman–Crippen LogP) is 4.70. The predicted molar refractivity (Wildman–Crippen MR) is 43.2 cm³/mol. The zero-order valence-corrected chi connectivity index (χ0v) is 10.4. The highest BCUT2D eigenvalue weighted by atomic mass is 19.4. The molecule has 2 atom stereocenters. The fourth-order valence-electron chi connectivity index (χ4n) is 0.716. The van der Waals surface area contributed by atoms with Gasteiger partial charge in [0.2, 0.25) is 0 Å². The van der Waals surface area contributed by atoms with Crippen LogP contribution in [-0.2, 0) is 9.47 Å². The molecule has 0 saturated carbocycles. The second-order valence-electron chi connectivity index (χ2n) is 4.07. The van der Waals surface area contributed by atoms with Crippen molar-refractivity contribution >= 4 is 0 Å². The Hall–Kier alpha value is -0.920. The first-order valence-electron chi connectivity index (χ1n) is 4.83. The van der Waals surface area contributed by atoms with Crippen LogP contribution in [-0.4, -0.2) is 36.3 Å². The second-order valence-corrected chi connectivity index (χ2v) is 4.07. The smallest absolute Gasteiger partial charge is 0.268 e. The van der Waals surface area contributed by atoms with Gasteiger partial charge in [0.25, 0.3) is 0 Å². The minimum atomic E-state index is -6.58. The average Bonchev–Trinajstić information content (AvgIpc) is 2.09. The summed E-state index contributed by atoms with van der Waals surface area (Å²) >= 11 is 0. The van der Waals surface area contributed by atoms with Crippen molar-refractivity contribution < 1.29 is 62.2 Å². The molecule has 0 saturated heterocycles. The van der Waals surface area contributed by atoms with Crippen LogP contribution in [0, 0.1) is 0 Å². The topological polar surface area (TPSA) is 18.5 Å². The first kappa shape index (κ1) is 21.1. The molecule has 0 aliphatic rings. The zero-order chi connectivity index (χ0) is 18.4. The molecular formula is C8H6F12O2. The van der Waals surface area contributed by atoms with E-state index < -0.39 is 50.1 Å². The van der Waals surface area contributed by atoms with Crippen molar-refractivity contribution in [1.29, 1.82) is 0 Å². The lowest BCUT2D eigenvalue weighted by Crippen LogP contribution is -2.57. The summed E-state index contributed by atoms with van der Waals surface area (Å²) in [5.41, 5.74) is 0. The van der Waals surface area contributed by atoms with Crippen LogP contribution in [0.3, 0.4) is 0 Å². The molecule has 2 nitrogen and oxygen atoms in total. The summed E-state index contributed by atoms with van der Waals surface area (Å²) in [6.07, 6.45) is -25.6. The van der Waals surface area contributed by atoms with Crippen LogP contribution in [0.25, 0.3) is 0 Å². The normalized spacial score (nSPS) is 20.5. The van der Waals surface area contributed by atoms with Crippen LogP contribution in [0.15, 0.2) is 0 Å². The fourth-order valence-corrected chi connectivity index (χ4v) is 0.716. The number of ether oxygens (including phenoxy) is 2. The van der Waals surface area contributed by atoms with Crippen LogP contribution in [0.2, 0.25) is 0 Å². The third-order valence-electron chi connectivity index (χ3n) is 1.99. The standard InChI is InChI=1S/C8H6F12O2/c1-3(9,5(11,12)13)21-7(17,18)8(19,20)22-4(2,10)6(14,15)16/h1-2H3. The van der Waals surface area contributed by atoms with Crippen LogP contribution < -0.4 is 0 Å². The summed E-state index contributed by atoms with van der Waals surface area (Å²) in [5, 5.41) is 0. The van der Waals surface area contributed by atoms with E-state index in [-0.39, 0.29) is 0 Å². The van der Waals surface area contributed by atoms with Gasteiger partial charge in [-0.25, -0.2) is 8.78 Å². The summed E-state index contributed by atoms with van der Waals surface area (Å²) in [6, 6.07) is 0. The molecule has 0 heterocycles. The van der Waals surface area contributed by atoms with Crippen LogP contribution >= 0.6 is 0 Å². The molecule has 0 spiro atoms. The van der Waals surface area contributed by atoms with Gasteiger partial charge in [0, 0.05) is 13.8 Å². The van der Waals surface area contributed by atoms with E-state index in [2.05, 4.69) is 9.47 Å². The Morgan fingerprint density at radius 2 is 0.636 bits per heavy atom. The van der Waals surface area contributed by atoms with Gasteiger partial charge in [0.15, 0.2) is 0 Å². The van der Waals surface area contributed by atoms with Crippen molar-refractivity contribution in [3.63, 3.8) is 0 Å². The number of alkyl halides is 12. The number of hydrogen-bond donors (Lipinski definition) is 0. The van der Waals surface area contributed by atoms with Crippen molar-refractivity contribution in [3.8, 4) is 0 Å². The van der Waals surface area contributed by atoms with E-state index in [1.807, 2.05) is 0 Å². The summed E-state index contributed by atoms with van der Waals surface area (Å²) in [6.45, 7) is -1.51. The van der Waals surface area contributed by atoms with Crippen molar-refractivity contribution in [1.82, 2.24) is 0 Å². The second kappa shape index (κ2) is 5.32. The van der Waals surface area contributed by atoms with Crippen molar-refractivity contribution in [2.24, 2.45) is 0 Å². The number of rotatable bonds is 5. The first-order valence-corrected chi connectivity index (χ1v) is 4.83. The Labute approximate surface area is 114 Å². The van der Waals surface area contributed by atoms with Gasteiger partial charge in [-0.3, -0.25) is 9.47 Å². The maximum absolute atomic E-state index is 12.8. The summed E-state index contributed by atoms with van der Waals surface area (Å²) < 4.78 is 152. The van der Waals surface area contributed by atoms with Crippen LogP contribution in [0.1, 0.15) is 13.8 Å². The molecule has 0 rings (SSSR count). The molecule has 0 radical (unpaired) electrons. The number of hydrogen-bond acceptors (Lipinski definition) is 2. The zero-order valence-electron chi connectivity index (χ0n) is 10.4. The van der Waals surface area contributed by atoms with E-state index in [0.717, 1.165) is 0 Å². The molecular weight excluding hydrogens is 356 g/mol. The molecule has 14 heteroatoms. The Kier molecular flexibility index (Phi) is 5.09. The number of halogens is 12. The summed E-state index contributed by atoms with van der Waals surface area (Å²) in [5.74, 6) is -10.8. The molecule has 0 aromatic heterocycles. The molecule has 0 aliphatic heterocycles. The Balaban J connectivity index is 5.44. The monoisotopic (exact) mass is 362 g/mol. The van der Waals surface area contributed by atoms with Crippen molar-refractivity contribution in [2.75, 3.05) is 0 Å². The van der Waals surface area contributed by atoms with E-state index >= 15 is 0 Å². The lowest BCUT2D eigenvalue weighted by Gasteiger charge is -2.35. The molecule has 2 unspecified atom stereocenters. The third-order valence-corrected chi connectivity index (χ3v) is 1.99. The Morgan fingerprint density at radius 1 is 0.455 bits per heavy atom. The van der Waals surface area contributed by atoms with E-state index in [0.29, 0.717) is 0 Å². The molecule has 0 amide bonds. The van der Waals surface area contributed by atoms with E-state index in [1.165, 1.54) is 0 Å². The van der Waals surface area contributed by atoms with Crippen molar-refractivity contribution in [3.05, 3.63) is 0 Å². The Bertz CT molecular complexity index is 355. The van der Waals surface area contributed by atoms with E-state index in [4.69, 9.17) is 0 Å². The molecule has 0 fully saturated rings. The quantitative estimate of drug-likeness (QED) is 0.660. The highest BCUT2D eigenvalue weighted by molar-refractivity contribution is 4.81. The highest BCUT2D eigenvalue weighted by Crippen LogP contribution is 2.48. The molecule has 134 valence electrons. The van der Waals surface area contributed by atoms with Gasteiger partial charge >= 0.3 is 36.3 Å².